The summed E-state index contributed by atoms with van der Waals surface area (Å²) in [4.78, 5) is 4.29. The number of nitrogens with one attached hydrogen (secondary N) is 1. The van der Waals surface area contributed by atoms with E-state index < -0.39 is 0 Å². The molecule has 0 aliphatic heterocycles. The minimum absolute atomic E-state index is 0.409. The van der Waals surface area contributed by atoms with Gasteiger partial charge in [0.1, 0.15) is 5.01 Å². The van der Waals surface area contributed by atoms with Crippen LogP contribution in [0, 0.1) is 0 Å². The monoisotopic (exact) mass is 199 g/mol. The maximum Gasteiger partial charge on any atom is 0.109 e. The molecule has 1 rings (SSSR count). The highest BCUT2D eigenvalue weighted by Crippen LogP contribution is 2.18. The van der Waals surface area contributed by atoms with Crippen molar-refractivity contribution in [2.75, 3.05) is 13.1 Å². The van der Waals surface area contributed by atoms with Crippen molar-refractivity contribution in [1.82, 2.24) is 10.3 Å². The van der Waals surface area contributed by atoms with Crippen molar-refractivity contribution in [3.8, 4) is 0 Å². The van der Waals surface area contributed by atoms with E-state index in [9.17, 15) is 0 Å². The molecule has 4 heteroatoms. The Morgan fingerprint density at radius 3 is 3.08 bits per heavy atom. The third kappa shape index (κ3) is 3.42. The maximum atomic E-state index is 5.42. The molecule has 0 spiro atoms. The summed E-state index contributed by atoms with van der Waals surface area (Å²) in [6.45, 7) is 3.90. The van der Waals surface area contributed by atoms with Crippen molar-refractivity contribution in [2.24, 2.45) is 5.73 Å². The number of nitrogens with two attached hydrogens (primary N) is 1. The number of nitrogens with zero attached hydrogens (tertiary/aromatic N) is 1. The zero-order valence-corrected chi connectivity index (χ0v) is 8.81. The fourth-order valence-corrected chi connectivity index (χ4v) is 1.99. The fraction of sp³-hybridized carbons (Fsp3) is 0.667. The molecule has 13 heavy (non-hydrogen) atoms. The van der Waals surface area contributed by atoms with Crippen molar-refractivity contribution in [3.05, 3.63) is 16.6 Å². The molecule has 0 amide bonds. The molecule has 74 valence electrons. The van der Waals surface area contributed by atoms with Gasteiger partial charge >= 0.3 is 0 Å². The van der Waals surface area contributed by atoms with Crippen LogP contribution in [0.4, 0.5) is 0 Å². The van der Waals surface area contributed by atoms with Crippen molar-refractivity contribution in [2.45, 2.75) is 25.8 Å². The molecule has 1 unspecified atom stereocenters. The Bertz CT molecular complexity index is 211. The number of thiazole rings is 1. The number of rotatable bonds is 6. The van der Waals surface area contributed by atoms with Crippen LogP contribution in [-0.4, -0.2) is 18.1 Å². The molecule has 1 atom stereocenters. The Hall–Kier alpha value is -0.450. The molecular weight excluding hydrogens is 182 g/mol. The van der Waals surface area contributed by atoms with E-state index in [-0.39, 0.29) is 0 Å². The zero-order valence-electron chi connectivity index (χ0n) is 7.99. The molecule has 3 N–H and O–H groups in total. The standard InChI is InChI=1S/C9H17N3S/c1-2-8(11-5-3-4-10)9-12-6-7-13-9/h6-8,11H,2-5,10H2,1H3. The third-order valence-corrected chi connectivity index (χ3v) is 2.82. The van der Waals surface area contributed by atoms with Crippen LogP contribution in [0.25, 0.3) is 0 Å². The highest BCUT2D eigenvalue weighted by atomic mass is 32.1. The molecule has 0 bridgehead atoms. The number of aromatic nitrogens is 1. The van der Waals surface area contributed by atoms with Crippen LogP contribution in [0.5, 0.6) is 0 Å². The van der Waals surface area contributed by atoms with Gasteiger partial charge < -0.3 is 11.1 Å². The van der Waals surface area contributed by atoms with Crippen LogP contribution in [-0.2, 0) is 0 Å². The van der Waals surface area contributed by atoms with Gasteiger partial charge in [-0.1, -0.05) is 6.92 Å². The summed E-state index contributed by atoms with van der Waals surface area (Å²) < 4.78 is 0. The lowest BCUT2D eigenvalue weighted by atomic mass is 10.2. The smallest absolute Gasteiger partial charge is 0.109 e. The zero-order chi connectivity index (χ0) is 9.52. The van der Waals surface area contributed by atoms with E-state index in [4.69, 9.17) is 5.73 Å². The van der Waals surface area contributed by atoms with E-state index in [0.29, 0.717) is 6.04 Å². The van der Waals surface area contributed by atoms with E-state index >= 15 is 0 Å². The number of hydrogen-bond acceptors (Lipinski definition) is 4. The van der Waals surface area contributed by atoms with Crippen LogP contribution in [0.1, 0.15) is 30.8 Å². The van der Waals surface area contributed by atoms with Crippen LogP contribution >= 0.6 is 11.3 Å². The molecule has 0 aliphatic rings. The summed E-state index contributed by atoms with van der Waals surface area (Å²) in [5.41, 5.74) is 5.42. The van der Waals surface area contributed by atoms with Crippen LogP contribution < -0.4 is 11.1 Å². The van der Waals surface area contributed by atoms with E-state index in [1.54, 1.807) is 11.3 Å². The predicted molar refractivity (Wildman–Crippen MR) is 56.8 cm³/mol. The van der Waals surface area contributed by atoms with Gasteiger partial charge in [-0.25, -0.2) is 4.98 Å². The Morgan fingerprint density at radius 2 is 2.54 bits per heavy atom. The highest BCUT2D eigenvalue weighted by molar-refractivity contribution is 7.09. The third-order valence-electron chi connectivity index (χ3n) is 1.93. The van der Waals surface area contributed by atoms with Gasteiger partial charge in [0.25, 0.3) is 0 Å². The summed E-state index contributed by atoms with van der Waals surface area (Å²) >= 11 is 1.71. The molecule has 0 saturated carbocycles. The fourth-order valence-electron chi connectivity index (χ4n) is 1.19. The average molecular weight is 199 g/mol. The van der Waals surface area contributed by atoms with E-state index in [1.807, 2.05) is 11.6 Å². The van der Waals surface area contributed by atoms with Crippen molar-refractivity contribution in [3.63, 3.8) is 0 Å². The minimum Gasteiger partial charge on any atom is -0.330 e. The second kappa shape index (κ2) is 6.07. The first-order valence-electron chi connectivity index (χ1n) is 4.71. The quantitative estimate of drug-likeness (QED) is 0.683. The van der Waals surface area contributed by atoms with Gasteiger partial charge in [0.15, 0.2) is 0 Å². The first kappa shape index (κ1) is 10.6. The Kier molecular flexibility index (Phi) is 4.97. The molecule has 0 radical (unpaired) electrons. The van der Waals surface area contributed by atoms with E-state index in [1.165, 1.54) is 5.01 Å². The normalized spacial score (nSPS) is 13.1. The molecule has 0 aliphatic carbocycles. The molecular formula is C9H17N3S. The molecule has 1 aromatic rings. The van der Waals surface area contributed by atoms with Crippen LogP contribution in [0.3, 0.4) is 0 Å². The number of hydrogen-bond donors (Lipinski definition) is 2. The van der Waals surface area contributed by atoms with Crippen molar-refractivity contribution >= 4 is 11.3 Å². The summed E-state index contributed by atoms with van der Waals surface area (Å²) in [5, 5.41) is 6.64. The predicted octanol–water partition coefficient (Wildman–Crippen LogP) is 1.53. The summed E-state index contributed by atoms with van der Waals surface area (Å²) in [5.74, 6) is 0. The van der Waals surface area contributed by atoms with E-state index in [2.05, 4.69) is 17.2 Å². The van der Waals surface area contributed by atoms with Gasteiger partial charge in [-0.05, 0) is 25.9 Å². The van der Waals surface area contributed by atoms with Crippen molar-refractivity contribution < 1.29 is 0 Å². The van der Waals surface area contributed by atoms with Crippen molar-refractivity contribution in [1.29, 1.82) is 0 Å². The molecule has 0 saturated heterocycles. The lowest BCUT2D eigenvalue weighted by Crippen LogP contribution is -2.23. The lowest BCUT2D eigenvalue weighted by molar-refractivity contribution is 0.511. The topological polar surface area (TPSA) is 50.9 Å². The lowest BCUT2D eigenvalue weighted by Gasteiger charge is -2.13. The minimum atomic E-state index is 0.409. The average Bonchev–Trinajstić information content (AvgIpc) is 2.65. The first-order valence-corrected chi connectivity index (χ1v) is 5.59. The SMILES string of the molecule is CCC(NCCCN)c1nccs1. The van der Waals surface area contributed by atoms with Gasteiger partial charge in [0.2, 0.25) is 0 Å². The van der Waals surface area contributed by atoms with Gasteiger partial charge in [-0.2, -0.15) is 0 Å². The molecule has 0 aromatic carbocycles. The van der Waals surface area contributed by atoms with Crippen LogP contribution in [0.15, 0.2) is 11.6 Å². The Morgan fingerprint density at radius 1 is 1.69 bits per heavy atom. The molecule has 1 heterocycles. The van der Waals surface area contributed by atoms with Gasteiger partial charge in [0, 0.05) is 11.6 Å². The highest BCUT2D eigenvalue weighted by Gasteiger charge is 2.09. The molecule has 3 nitrogen and oxygen atoms in total. The second-order valence-corrected chi connectivity index (χ2v) is 3.85. The first-order chi connectivity index (χ1) is 6.38. The van der Waals surface area contributed by atoms with E-state index in [0.717, 1.165) is 25.9 Å². The summed E-state index contributed by atoms with van der Waals surface area (Å²) in [6.07, 6.45) is 3.97. The van der Waals surface area contributed by atoms with Crippen LogP contribution in [0.2, 0.25) is 0 Å². The second-order valence-electron chi connectivity index (χ2n) is 2.93. The van der Waals surface area contributed by atoms with Gasteiger partial charge in [0.05, 0.1) is 6.04 Å². The van der Waals surface area contributed by atoms with Gasteiger partial charge in [-0.15, -0.1) is 11.3 Å². The Balaban J connectivity index is 2.35. The molecule has 1 aromatic heterocycles. The maximum absolute atomic E-state index is 5.42. The molecule has 0 fully saturated rings. The van der Waals surface area contributed by atoms with Gasteiger partial charge in [-0.3, -0.25) is 0 Å². The largest absolute Gasteiger partial charge is 0.330 e. The summed E-state index contributed by atoms with van der Waals surface area (Å²) in [7, 11) is 0. The Labute approximate surface area is 83.4 Å². The summed E-state index contributed by atoms with van der Waals surface area (Å²) in [6, 6.07) is 0.409.